The highest BCUT2D eigenvalue weighted by molar-refractivity contribution is 7.13. The minimum absolute atomic E-state index is 0.0679. The van der Waals surface area contributed by atoms with Crippen LogP contribution in [0.2, 0.25) is 0 Å². The van der Waals surface area contributed by atoms with Crippen molar-refractivity contribution >= 4 is 17.2 Å². The minimum atomic E-state index is -0.441. The zero-order valence-corrected chi connectivity index (χ0v) is 15.0. The summed E-state index contributed by atoms with van der Waals surface area (Å²) in [6.07, 6.45) is 0. The van der Waals surface area contributed by atoms with Crippen LogP contribution in [0.5, 0.6) is 17.2 Å². The highest BCUT2D eigenvalue weighted by Gasteiger charge is 2.14. The van der Waals surface area contributed by atoms with Crippen LogP contribution in [0.25, 0.3) is 10.6 Å². The Labute approximate surface area is 158 Å². The molecule has 0 bridgehead atoms. The largest absolute Gasteiger partial charge is 0.492 e. The van der Waals surface area contributed by atoms with Gasteiger partial charge in [0.2, 0.25) is 6.79 Å². The molecule has 0 fully saturated rings. The van der Waals surface area contributed by atoms with Gasteiger partial charge in [0.1, 0.15) is 17.9 Å². The molecule has 0 spiro atoms. The molecule has 3 aromatic rings. The van der Waals surface area contributed by atoms with Crippen LogP contribution in [0.1, 0.15) is 10.4 Å². The number of nitrogens with one attached hydrogen (secondary N) is 2. The van der Waals surface area contributed by atoms with E-state index < -0.39 is 11.5 Å². The van der Waals surface area contributed by atoms with Crippen LogP contribution < -0.4 is 25.1 Å². The van der Waals surface area contributed by atoms with Gasteiger partial charge in [-0.05, 0) is 35.7 Å². The molecule has 0 radical (unpaired) electrons. The summed E-state index contributed by atoms with van der Waals surface area (Å²) in [4.78, 5) is 28.1. The number of hydrogen-bond acceptors (Lipinski definition) is 6. The first kappa shape index (κ1) is 17.2. The molecule has 1 aliphatic rings. The highest BCUT2D eigenvalue weighted by Crippen LogP contribution is 2.34. The van der Waals surface area contributed by atoms with E-state index in [1.54, 1.807) is 24.3 Å². The summed E-state index contributed by atoms with van der Waals surface area (Å²) in [6.45, 7) is 0.727. The number of ether oxygens (including phenoxy) is 3. The smallest absolute Gasteiger partial charge is 0.261 e. The van der Waals surface area contributed by atoms with E-state index in [1.807, 2.05) is 17.5 Å². The van der Waals surface area contributed by atoms with E-state index in [0.29, 0.717) is 22.9 Å². The highest BCUT2D eigenvalue weighted by atomic mass is 32.1. The van der Waals surface area contributed by atoms with Crippen molar-refractivity contribution in [1.29, 1.82) is 0 Å². The number of H-pyrrole nitrogens is 1. The molecular formula is C19H16N2O5S. The molecule has 27 heavy (non-hydrogen) atoms. The van der Waals surface area contributed by atoms with Gasteiger partial charge in [-0.3, -0.25) is 9.59 Å². The van der Waals surface area contributed by atoms with E-state index in [9.17, 15) is 9.59 Å². The molecule has 0 unspecified atom stereocenters. The third kappa shape index (κ3) is 3.80. The summed E-state index contributed by atoms with van der Waals surface area (Å²) in [5, 5.41) is 4.60. The normalized spacial score (nSPS) is 12.0. The third-order valence-electron chi connectivity index (χ3n) is 3.94. The summed E-state index contributed by atoms with van der Waals surface area (Å²) in [5.74, 6) is 1.49. The van der Waals surface area contributed by atoms with Gasteiger partial charge in [0.25, 0.3) is 11.5 Å². The number of amides is 1. The number of aromatic amines is 1. The van der Waals surface area contributed by atoms with Crippen molar-refractivity contribution in [2.45, 2.75) is 0 Å². The van der Waals surface area contributed by atoms with Crippen molar-refractivity contribution in [3.05, 3.63) is 63.8 Å². The summed E-state index contributed by atoms with van der Waals surface area (Å²) < 4.78 is 16.1. The number of aromatic nitrogens is 1. The van der Waals surface area contributed by atoms with Crippen molar-refractivity contribution in [1.82, 2.24) is 10.3 Å². The van der Waals surface area contributed by atoms with Crippen LogP contribution in [-0.2, 0) is 0 Å². The number of thiophene rings is 1. The Balaban J connectivity index is 1.31. The van der Waals surface area contributed by atoms with Gasteiger partial charge in [0, 0.05) is 6.07 Å². The molecular weight excluding hydrogens is 368 g/mol. The molecule has 7 nitrogen and oxygen atoms in total. The van der Waals surface area contributed by atoms with Gasteiger partial charge >= 0.3 is 0 Å². The predicted molar refractivity (Wildman–Crippen MR) is 101 cm³/mol. The maximum absolute atomic E-state index is 12.2. The molecule has 1 aromatic carbocycles. The Morgan fingerprint density at radius 1 is 1.19 bits per heavy atom. The molecule has 138 valence electrons. The zero-order valence-electron chi connectivity index (χ0n) is 14.2. The molecule has 3 heterocycles. The fourth-order valence-electron chi connectivity index (χ4n) is 2.62. The Bertz CT molecular complexity index is 1010. The first-order valence-corrected chi connectivity index (χ1v) is 9.16. The SMILES string of the molecule is O=C(NCCOc1ccc2c(c1)OCO2)c1ccc(-c2cccs2)[nH]c1=O. The van der Waals surface area contributed by atoms with E-state index in [0.717, 1.165) is 4.88 Å². The zero-order chi connectivity index (χ0) is 18.6. The van der Waals surface area contributed by atoms with Crippen LogP contribution in [0.4, 0.5) is 0 Å². The topological polar surface area (TPSA) is 89.7 Å². The third-order valence-corrected chi connectivity index (χ3v) is 4.84. The van der Waals surface area contributed by atoms with E-state index in [2.05, 4.69) is 10.3 Å². The van der Waals surface area contributed by atoms with Gasteiger partial charge in [0.15, 0.2) is 11.5 Å². The van der Waals surface area contributed by atoms with Gasteiger partial charge in [0.05, 0.1) is 17.1 Å². The molecule has 4 rings (SSSR count). The molecule has 2 N–H and O–H groups in total. The molecule has 0 saturated carbocycles. The van der Waals surface area contributed by atoms with Crippen molar-refractivity contribution in [2.24, 2.45) is 0 Å². The second-order valence-electron chi connectivity index (χ2n) is 5.71. The van der Waals surface area contributed by atoms with Crippen LogP contribution in [0.3, 0.4) is 0 Å². The molecule has 8 heteroatoms. The number of hydrogen-bond donors (Lipinski definition) is 2. The van der Waals surface area contributed by atoms with Gasteiger partial charge in [-0.15, -0.1) is 11.3 Å². The van der Waals surface area contributed by atoms with Crippen LogP contribution in [0, 0.1) is 0 Å². The van der Waals surface area contributed by atoms with E-state index in [1.165, 1.54) is 17.4 Å². The van der Waals surface area contributed by atoms with Crippen LogP contribution in [-0.4, -0.2) is 30.8 Å². The van der Waals surface area contributed by atoms with Gasteiger partial charge < -0.3 is 24.5 Å². The number of pyridine rings is 1. The van der Waals surface area contributed by atoms with Crippen molar-refractivity contribution in [2.75, 3.05) is 19.9 Å². The Morgan fingerprint density at radius 2 is 2.07 bits per heavy atom. The van der Waals surface area contributed by atoms with E-state index in [4.69, 9.17) is 14.2 Å². The number of fused-ring (bicyclic) bond motifs is 1. The number of benzene rings is 1. The Morgan fingerprint density at radius 3 is 2.89 bits per heavy atom. The van der Waals surface area contributed by atoms with Gasteiger partial charge in [-0.2, -0.15) is 0 Å². The average Bonchev–Trinajstić information content (AvgIpc) is 3.36. The Kier molecular flexibility index (Phi) is 4.80. The number of rotatable bonds is 6. The maximum Gasteiger partial charge on any atom is 0.261 e. The maximum atomic E-state index is 12.2. The van der Waals surface area contributed by atoms with E-state index >= 15 is 0 Å². The quantitative estimate of drug-likeness (QED) is 0.638. The van der Waals surface area contributed by atoms with Crippen LogP contribution >= 0.6 is 11.3 Å². The van der Waals surface area contributed by atoms with Gasteiger partial charge in [-0.25, -0.2) is 0 Å². The first-order chi connectivity index (χ1) is 13.2. The lowest BCUT2D eigenvalue weighted by atomic mass is 10.2. The first-order valence-electron chi connectivity index (χ1n) is 8.28. The van der Waals surface area contributed by atoms with Crippen molar-refractivity contribution in [3.8, 4) is 27.8 Å². The van der Waals surface area contributed by atoms with E-state index in [-0.39, 0.29) is 25.5 Å². The summed E-state index contributed by atoms with van der Waals surface area (Å²) in [6, 6.07) is 12.3. The second-order valence-corrected chi connectivity index (χ2v) is 6.66. The predicted octanol–water partition coefficient (Wildman–Crippen LogP) is 2.64. The lowest BCUT2D eigenvalue weighted by molar-refractivity contribution is 0.0945. The fourth-order valence-corrected chi connectivity index (χ4v) is 3.33. The molecule has 0 atom stereocenters. The average molecular weight is 384 g/mol. The lowest BCUT2D eigenvalue weighted by Gasteiger charge is -2.08. The lowest BCUT2D eigenvalue weighted by Crippen LogP contribution is -2.32. The van der Waals surface area contributed by atoms with Crippen molar-refractivity contribution < 1.29 is 19.0 Å². The standard InChI is InChI=1S/C19H16N2O5S/c22-18(13-4-5-14(21-19(13)23)17-2-1-9-27-17)20-7-8-24-12-3-6-15-16(10-12)26-11-25-15/h1-6,9-10H,7-8,11H2,(H,20,22)(H,21,23). The Hall–Kier alpha value is -3.26. The minimum Gasteiger partial charge on any atom is -0.492 e. The molecule has 0 saturated heterocycles. The molecule has 1 amide bonds. The fraction of sp³-hybridized carbons (Fsp3) is 0.158. The molecule has 2 aromatic heterocycles. The summed E-state index contributed by atoms with van der Waals surface area (Å²) in [7, 11) is 0. The summed E-state index contributed by atoms with van der Waals surface area (Å²) >= 11 is 1.52. The number of carbonyl (C=O) groups is 1. The molecule has 0 aliphatic carbocycles. The second kappa shape index (κ2) is 7.55. The molecule has 1 aliphatic heterocycles. The summed E-state index contributed by atoms with van der Waals surface area (Å²) in [5.41, 5.74) is 0.339. The van der Waals surface area contributed by atoms with Gasteiger partial charge in [-0.1, -0.05) is 6.07 Å². The van der Waals surface area contributed by atoms with Crippen molar-refractivity contribution in [3.63, 3.8) is 0 Å². The number of carbonyl (C=O) groups excluding carboxylic acids is 1. The monoisotopic (exact) mass is 384 g/mol. The van der Waals surface area contributed by atoms with Crippen LogP contribution in [0.15, 0.2) is 52.6 Å².